The Morgan fingerprint density at radius 3 is 1.64 bits per heavy atom. The normalized spacial score (nSPS) is 11.5. The van der Waals surface area contributed by atoms with Gasteiger partial charge in [0.2, 0.25) is 0 Å². The van der Waals surface area contributed by atoms with E-state index < -0.39 is 0 Å². The fraction of sp³-hybridized carbons (Fsp3) is 0.308. The van der Waals surface area contributed by atoms with E-state index in [1.807, 2.05) is 0 Å². The van der Waals surface area contributed by atoms with Crippen molar-refractivity contribution in [2.24, 2.45) is 5.92 Å². The molecule has 0 unspecified atom stereocenters. The second-order valence-electron chi connectivity index (χ2n) is 8.34. The lowest BCUT2D eigenvalue weighted by Crippen LogP contribution is -2.27. The van der Waals surface area contributed by atoms with Crippen molar-refractivity contribution < 1.29 is 0 Å². The zero-order valence-electron chi connectivity index (χ0n) is 18.0. The van der Waals surface area contributed by atoms with E-state index in [1.54, 1.807) is 0 Å². The van der Waals surface area contributed by atoms with Crippen LogP contribution < -0.4 is 9.80 Å². The van der Waals surface area contributed by atoms with Crippen LogP contribution in [-0.2, 0) is 5.41 Å². The predicted molar refractivity (Wildman–Crippen MR) is 123 cm³/mol. The standard InChI is InChI=1S/C26H32N2/c1-20(2)26(3,4)22-16-10-11-17-23(22)28(6)25-19-13-12-18-24(25)27(5)21-14-8-7-9-15-21/h7-20H,1-6H3. The minimum Gasteiger partial charge on any atom is -0.343 e. The van der Waals surface area contributed by atoms with Crippen LogP contribution >= 0.6 is 0 Å². The zero-order chi connectivity index (χ0) is 20.3. The van der Waals surface area contributed by atoms with Crippen molar-refractivity contribution in [2.45, 2.75) is 33.1 Å². The molecular weight excluding hydrogens is 340 g/mol. The van der Waals surface area contributed by atoms with Gasteiger partial charge in [0.1, 0.15) is 0 Å². The highest BCUT2D eigenvalue weighted by atomic mass is 15.2. The third-order valence-corrected chi connectivity index (χ3v) is 6.15. The molecule has 0 aromatic heterocycles. The SMILES string of the molecule is CC(C)C(C)(C)c1ccccc1N(C)c1ccccc1N(C)c1ccccc1. The first kappa shape index (κ1) is 20.0. The molecule has 3 aromatic carbocycles. The molecule has 3 rings (SSSR count). The number of benzene rings is 3. The van der Waals surface area contributed by atoms with Crippen LogP contribution in [0.15, 0.2) is 78.9 Å². The fourth-order valence-corrected chi connectivity index (χ4v) is 3.57. The van der Waals surface area contributed by atoms with E-state index >= 15 is 0 Å². The quantitative estimate of drug-likeness (QED) is 0.453. The first-order valence-electron chi connectivity index (χ1n) is 10.0. The van der Waals surface area contributed by atoms with Gasteiger partial charge in [-0.2, -0.15) is 0 Å². The molecule has 2 nitrogen and oxygen atoms in total. The average molecular weight is 373 g/mol. The van der Waals surface area contributed by atoms with Crippen molar-refractivity contribution in [3.8, 4) is 0 Å². The summed E-state index contributed by atoms with van der Waals surface area (Å²) in [4.78, 5) is 4.58. The van der Waals surface area contributed by atoms with Gasteiger partial charge < -0.3 is 9.80 Å². The topological polar surface area (TPSA) is 6.48 Å². The second kappa shape index (κ2) is 8.10. The van der Waals surface area contributed by atoms with Crippen molar-refractivity contribution in [1.29, 1.82) is 0 Å². The number of para-hydroxylation sites is 4. The highest BCUT2D eigenvalue weighted by Gasteiger charge is 2.28. The Balaban J connectivity index is 2.08. The molecule has 0 radical (unpaired) electrons. The molecule has 28 heavy (non-hydrogen) atoms. The zero-order valence-corrected chi connectivity index (χ0v) is 18.0. The van der Waals surface area contributed by atoms with Gasteiger partial charge in [0, 0.05) is 25.5 Å². The molecule has 0 spiro atoms. The van der Waals surface area contributed by atoms with Gasteiger partial charge in [-0.15, -0.1) is 0 Å². The van der Waals surface area contributed by atoms with Gasteiger partial charge in [-0.05, 0) is 47.2 Å². The summed E-state index contributed by atoms with van der Waals surface area (Å²) in [7, 11) is 4.30. The molecule has 0 N–H and O–H groups in total. The van der Waals surface area contributed by atoms with Gasteiger partial charge in [-0.1, -0.05) is 76.2 Å². The molecule has 0 aliphatic heterocycles. The molecule has 0 aliphatic rings. The summed E-state index contributed by atoms with van der Waals surface area (Å²) in [6.45, 7) is 9.28. The Kier molecular flexibility index (Phi) is 5.79. The molecule has 0 saturated carbocycles. The molecule has 0 saturated heterocycles. The smallest absolute Gasteiger partial charge is 0.0649 e. The Labute approximate surface area is 170 Å². The Morgan fingerprint density at radius 1 is 0.607 bits per heavy atom. The first-order chi connectivity index (χ1) is 13.3. The van der Waals surface area contributed by atoms with Gasteiger partial charge in [0.25, 0.3) is 0 Å². The molecule has 0 amide bonds. The summed E-state index contributed by atoms with van der Waals surface area (Å²) >= 11 is 0. The Hall–Kier alpha value is -2.74. The number of nitrogens with zero attached hydrogens (tertiary/aromatic N) is 2. The summed E-state index contributed by atoms with van der Waals surface area (Å²) in [5, 5.41) is 0. The third kappa shape index (κ3) is 3.77. The van der Waals surface area contributed by atoms with Gasteiger partial charge in [0.15, 0.2) is 0 Å². The van der Waals surface area contributed by atoms with Gasteiger partial charge in [-0.25, -0.2) is 0 Å². The lowest BCUT2D eigenvalue weighted by Gasteiger charge is -2.36. The highest BCUT2D eigenvalue weighted by Crippen LogP contribution is 2.42. The summed E-state index contributed by atoms with van der Waals surface area (Å²) in [6.07, 6.45) is 0. The monoisotopic (exact) mass is 372 g/mol. The van der Waals surface area contributed by atoms with Crippen LogP contribution in [0.2, 0.25) is 0 Å². The van der Waals surface area contributed by atoms with E-state index in [9.17, 15) is 0 Å². The fourth-order valence-electron chi connectivity index (χ4n) is 3.57. The molecule has 0 aliphatic carbocycles. The van der Waals surface area contributed by atoms with Crippen molar-refractivity contribution >= 4 is 22.7 Å². The number of anilines is 4. The van der Waals surface area contributed by atoms with Gasteiger partial charge >= 0.3 is 0 Å². The highest BCUT2D eigenvalue weighted by molar-refractivity contribution is 5.81. The van der Waals surface area contributed by atoms with E-state index in [-0.39, 0.29) is 5.41 Å². The van der Waals surface area contributed by atoms with Crippen LogP contribution in [0.5, 0.6) is 0 Å². The van der Waals surface area contributed by atoms with Crippen LogP contribution in [0.25, 0.3) is 0 Å². The molecule has 0 heterocycles. The van der Waals surface area contributed by atoms with Gasteiger partial charge in [-0.3, -0.25) is 0 Å². The maximum atomic E-state index is 2.34. The second-order valence-corrected chi connectivity index (χ2v) is 8.34. The summed E-state index contributed by atoms with van der Waals surface area (Å²) in [6, 6.07) is 27.9. The van der Waals surface area contributed by atoms with Crippen molar-refractivity contribution in [2.75, 3.05) is 23.9 Å². The van der Waals surface area contributed by atoms with E-state index in [1.165, 1.54) is 28.3 Å². The molecule has 3 aromatic rings. The summed E-state index contributed by atoms with van der Waals surface area (Å²) in [5.74, 6) is 0.546. The largest absolute Gasteiger partial charge is 0.343 e. The lowest BCUT2D eigenvalue weighted by molar-refractivity contribution is 0.373. The molecular formula is C26H32N2. The molecule has 146 valence electrons. The molecule has 0 atom stereocenters. The summed E-state index contributed by atoms with van der Waals surface area (Å²) in [5.41, 5.74) is 6.29. The van der Waals surface area contributed by atoms with E-state index in [0.717, 1.165) is 0 Å². The maximum absolute atomic E-state index is 2.34. The minimum absolute atomic E-state index is 0.0884. The van der Waals surface area contributed by atoms with E-state index in [4.69, 9.17) is 0 Å². The minimum atomic E-state index is 0.0884. The Bertz CT molecular complexity index is 912. The first-order valence-corrected chi connectivity index (χ1v) is 10.0. The average Bonchev–Trinajstić information content (AvgIpc) is 2.73. The van der Waals surface area contributed by atoms with Gasteiger partial charge in [0.05, 0.1) is 11.4 Å². The lowest BCUT2D eigenvalue weighted by atomic mass is 9.74. The van der Waals surface area contributed by atoms with Crippen molar-refractivity contribution in [3.05, 3.63) is 84.4 Å². The third-order valence-electron chi connectivity index (χ3n) is 6.15. The van der Waals surface area contributed by atoms with E-state index in [0.29, 0.717) is 5.92 Å². The van der Waals surface area contributed by atoms with E-state index in [2.05, 4.69) is 130 Å². The predicted octanol–water partition coefficient (Wildman–Crippen LogP) is 7.16. The van der Waals surface area contributed by atoms with Crippen LogP contribution in [0, 0.1) is 5.92 Å². The van der Waals surface area contributed by atoms with Crippen molar-refractivity contribution in [1.82, 2.24) is 0 Å². The Morgan fingerprint density at radius 2 is 1.07 bits per heavy atom. The molecule has 2 heteroatoms. The molecule has 0 fully saturated rings. The van der Waals surface area contributed by atoms with Crippen LogP contribution in [0.1, 0.15) is 33.3 Å². The molecule has 0 bridgehead atoms. The number of rotatable bonds is 6. The van der Waals surface area contributed by atoms with Crippen LogP contribution in [-0.4, -0.2) is 14.1 Å². The van der Waals surface area contributed by atoms with Crippen LogP contribution in [0.4, 0.5) is 22.7 Å². The maximum Gasteiger partial charge on any atom is 0.0649 e. The number of hydrogen-bond acceptors (Lipinski definition) is 2. The summed E-state index contributed by atoms with van der Waals surface area (Å²) < 4.78 is 0. The van der Waals surface area contributed by atoms with Crippen molar-refractivity contribution in [3.63, 3.8) is 0 Å². The van der Waals surface area contributed by atoms with Crippen LogP contribution in [0.3, 0.4) is 0 Å². The number of hydrogen-bond donors (Lipinski definition) is 0.